The van der Waals surface area contributed by atoms with Crippen LogP contribution in [-0.2, 0) is 14.8 Å². The van der Waals surface area contributed by atoms with Crippen molar-refractivity contribution in [1.82, 2.24) is 23.8 Å². The fraction of sp³-hybridized carbons (Fsp3) is 0.0492. The summed E-state index contributed by atoms with van der Waals surface area (Å²) in [6, 6.07) is 58.1. The molecule has 2 amide bonds. The van der Waals surface area contributed by atoms with Crippen molar-refractivity contribution in [3.63, 3.8) is 0 Å². The van der Waals surface area contributed by atoms with Crippen LogP contribution < -0.4 is 15.8 Å². The first-order valence-electron chi connectivity index (χ1n) is 24.7. The minimum atomic E-state index is -3.71. The summed E-state index contributed by atoms with van der Waals surface area (Å²) in [5.74, 6) is -2.21. The number of imidazole rings is 2. The van der Waals surface area contributed by atoms with E-state index in [1.165, 1.54) is 6.33 Å². The van der Waals surface area contributed by atoms with E-state index in [0.29, 0.717) is 49.9 Å². The van der Waals surface area contributed by atoms with Crippen molar-refractivity contribution in [2.45, 2.75) is 6.92 Å². The number of sulfonamides is 1. The van der Waals surface area contributed by atoms with Crippen LogP contribution in [0.3, 0.4) is 0 Å². The van der Waals surface area contributed by atoms with Crippen LogP contribution in [0, 0.1) is 14.3 Å². The molecule has 2 aromatic heterocycles. The van der Waals surface area contributed by atoms with Gasteiger partial charge in [-0.05, 0) is 255 Å². The Morgan fingerprint density at radius 3 is 1.33 bits per heavy atom. The molecule has 15 nitrogen and oxygen atoms in total. The number of carboxylic acids is 1. The first kappa shape index (κ1) is 68.0. The zero-order valence-electron chi connectivity index (χ0n) is 44.4. The van der Waals surface area contributed by atoms with E-state index in [2.05, 4.69) is 106 Å². The smallest absolute Gasteiger partial charge is 0.359 e. The highest BCUT2D eigenvalue weighted by Crippen LogP contribution is 2.31. The number of carbonyl (C=O) groups is 4. The lowest BCUT2D eigenvalue weighted by Gasteiger charge is -2.11. The maximum atomic E-state index is 12.4. The molecule has 0 aliphatic rings. The molecule has 10 rings (SSSR count). The lowest BCUT2D eigenvalue weighted by atomic mass is 10.1. The Bertz CT molecular complexity index is 4030. The van der Waals surface area contributed by atoms with Crippen LogP contribution in [0.1, 0.15) is 48.6 Å². The zero-order chi connectivity index (χ0) is 61.8. The lowest BCUT2D eigenvalue weighted by molar-refractivity contribution is 0.0520. The number of amides is 2. The summed E-state index contributed by atoms with van der Waals surface area (Å²) in [5.41, 5.74) is 12.6. The van der Waals surface area contributed by atoms with E-state index in [9.17, 15) is 27.6 Å². The van der Waals surface area contributed by atoms with Crippen LogP contribution in [-0.4, -0.2) is 69.2 Å². The van der Waals surface area contributed by atoms with Gasteiger partial charge in [-0.15, -0.1) is 0 Å². The van der Waals surface area contributed by atoms with Gasteiger partial charge in [-0.25, -0.2) is 32.7 Å². The van der Waals surface area contributed by atoms with Gasteiger partial charge in [0.15, 0.2) is 11.4 Å². The van der Waals surface area contributed by atoms with Gasteiger partial charge < -0.3 is 20.9 Å². The van der Waals surface area contributed by atoms with Crippen molar-refractivity contribution in [2.24, 2.45) is 0 Å². The van der Waals surface area contributed by atoms with Crippen LogP contribution in [0.2, 0.25) is 20.1 Å². The van der Waals surface area contributed by atoms with Crippen molar-refractivity contribution >= 4 is 182 Å². The van der Waals surface area contributed by atoms with Crippen molar-refractivity contribution in [3.05, 3.63) is 264 Å². The Morgan fingerprint density at radius 1 is 0.541 bits per heavy atom. The first-order valence-corrected chi connectivity index (χ1v) is 32.4. The molecule has 0 saturated carbocycles. The van der Waals surface area contributed by atoms with Gasteiger partial charge in [0.25, 0.3) is 11.8 Å². The number of hydrogen-bond donors (Lipinski definition) is 4. The Kier molecular flexibility index (Phi) is 26.5. The number of aromatic nitrogens is 4. The highest BCUT2D eigenvalue weighted by atomic mass is 127. The van der Waals surface area contributed by atoms with Crippen molar-refractivity contribution in [1.29, 1.82) is 0 Å². The van der Waals surface area contributed by atoms with Gasteiger partial charge in [-0.3, -0.25) is 18.7 Å². The van der Waals surface area contributed by atoms with E-state index in [0.717, 1.165) is 59.4 Å². The number of carboxylic acid groups (broad SMARTS) is 1. The standard InChI is InChI=1S/C18H14ClIN2O2.C17H13ClIN3O3S.C13H9ClINO.C7H5IO2.C6H6ClN/c1-2-24-18(23)16-17(12-4-3-5-14(20)10-12)22(11-21-16)15-8-6-13(19)7-9-15;1-26(24,25)21-17(23)15-16(11-3-2-4-13(19)9-11)22(10-20-15)14-7-5-12(18)6-8-14;14-10-4-6-12(7-5-10)16-13(17)9-2-1-3-11(15)8-9;8-6-3-1-2-5(4-6)7(9)10;7-5-1-3-6(8)4-2-5/h3-11H,2H2,1H3;2-10H,1H3,(H,21,23);1-8H,(H,16,17);1-4H,(H,9,10);1-4H,8H2. The highest BCUT2D eigenvalue weighted by Gasteiger charge is 2.24. The maximum absolute atomic E-state index is 12.4. The van der Waals surface area contributed by atoms with Gasteiger partial charge in [0, 0.05) is 73.8 Å². The molecule has 0 atom stereocenters. The molecule has 0 spiro atoms. The van der Waals surface area contributed by atoms with Crippen molar-refractivity contribution in [3.8, 4) is 33.9 Å². The molecule has 436 valence electrons. The molecule has 2 heterocycles. The summed E-state index contributed by atoms with van der Waals surface area (Å²) in [7, 11) is -3.71. The Labute approximate surface area is 565 Å². The molecule has 24 heteroatoms. The highest BCUT2D eigenvalue weighted by molar-refractivity contribution is 14.1. The number of esters is 1. The summed E-state index contributed by atoms with van der Waals surface area (Å²) in [5, 5.41) is 13.9. The largest absolute Gasteiger partial charge is 0.478 e. The number of carbonyl (C=O) groups excluding carboxylic acids is 3. The topological polar surface area (TPSA) is 218 Å². The molecule has 0 aliphatic carbocycles. The van der Waals surface area contributed by atoms with E-state index < -0.39 is 27.9 Å². The summed E-state index contributed by atoms with van der Waals surface area (Å²) in [6.07, 6.45) is 4.03. The Balaban J connectivity index is 0.000000180. The second-order valence-corrected chi connectivity index (χ2v) is 25.8. The molecule has 5 N–H and O–H groups in total. The van der Waals surface area contributed by atoms with Crippen LogP contribution in [0.5, 0.6) is 0 Å². The SMILES string of the molecule is CCOC(=O)c1ncn(-c2ccc(Cl)cc2)c1-c1cccc(I)c1.CS(=O)(=O)NC(=O)c1ncn(-c2ccc(Cl)cc2)c1-c1cccc(I)c1.Nc1ccc(Cl)cc1.O=C(Nc1ccc(Cl)cc1)c1cccc(I)c1.O=C(O)c1cccc(I)c1. The van der Waals surface area contributed by atoms with E-state index in [-0.39, 0.29) is 11.6 Å². The molecule has 0 fully saturated rings. The van der Waals surface area contributed by atoms with Gasteiger partial charge in [0.2, 0.25) is 10.0 Å². The van der Waals surface area contributed by atoms with E-state index in [4.69, 9.17) is 62.0 Å². The molecule has 0 radical (unpaired) electrons. The van der Waals surface area contributed by atoms with Gasteiger partial charge >= 0.3 is 11.9 Å². The fourth-order valence-corrected chi connectivity index (χ4v) is 10.4. The molecule has 85 heavy (non-hydrogen) atoms. The van der Waals surface area contributed by atoms with Crippen LogP contribution in [0.15, 0.2) is 207 Å². The summed E-state index contributed by atoms with van der Waals surface area (Å²) in [4.78, 5) is 55.5. The number of nitrogens with zero attached hydrogens (tertiary/aromatic N) is 4. The molecule has 0 unspecified atom stereocenters. The molecule has 8 aromatic carbocycles. The number of anilines is 2. The van der Waals surface area contributed by atoms with E-state index in [1.807, 2.05) is 94.2 Å². The van der Waals surface area contributed by atoms with Crippen LogP contribution >= 0.6 is 137 Å². The van der Waals surface area contributed by atoms with E-state index >= 15 is 0 Å². The van der Waals surface area contributed by atoms with Crippen LogP contribution in [0.4, 0.5) is 11.4 Å². The van der Waals surface area contributed by atoms with Gasteiger partial charge in [-0.2, -0.15) is 0 Å². The van der Waals surface area contributed by atoms with Crippen LogP contribution in [0.25, 0.3) is 33.9 Å². The number of rotatable bonds is 11. The lowest BCUT2D eigenvalue weighted by Crippen LogP contribution is -2.30. The summed E-state index contributed by atoms with van der Waals surface area (Å²) < 4.78 is 37.6. The summed E-state index contributed by atoms with van der Waals surface area (Å²) in [6.45, 7) is 2.08. The normalized spacial score (nSPS) is 10.4. The second-order valence-electron chi connectivity index (χ2n) is 17.4. The predicted molar refractivity (Wildman–Crippen MR) is 372 cm³/mol. The third-order valence-corrected chi connectivity index (χ3v) is 15.3. The Morgan fingerprint density at radius 2 is 0.929 bits per heavy atom. The van der Waals surface area contributed by atoms with E-state index in [1.54, 1.807) is 127 Å². The second kappa shape index (κ2) is 33.1. The summed E-state index contributed by atoms with van der Waals surface area (Å²) >= 11 is 31.9. The number of hydrogen-bond acceptors (Lipinski definition) is 10. The monoisotopic (exact) mass is 1680 g/mol. The van der Waals surface area contributed by atoms with Gasteiger partial charge in [0.1, 0.15) is 12.7 Å². The third-order valence-electron chi connectivity index (χ3n) is 11.0. The third kappa shape index (κ3) is 21.7. The van der Waals surface area contributed by atoms with Gasteiger partial charge in [-0.1, -0.05) is 82.8 Å². The number of aromatic carboxylic acids is 1. The van der Waals surface area contributed by atoms with Crippen molar-refractivity contribution < 1.29 is 37.4 Å². The number of nitrogens with two attached hydrogens (primary N) is 1. The first-order chi connectivity index (χ1) is 40.5. The average Bonchev–Trinajstić information content (AvgIpc) is 3.76. The molecule has 0 bridgehead atoms. The number of nitrogens with one attached hydrogen (secondary N) is 2. The molecular formula is C61H47Cl4I4N7O8S. The molecular weight excluding hydrogens is 1640 g/mol. The number of ether oxygens (including phenoxy) is 1. The number of halogens is 8. The molecule has 10 aromatic rings. The average molecular weight is 1690 g/mol. The predicted octanol–water partition coefficient (Wildman–Crippen LogP) is 16.6. The number of nitrogen functional groups attached to an aromatic ring is 1. The van der Waals surface area contributed by atoms with Gasteiger partial charge in [0.05, 0.1) is 29.8 Å². The quantitative estimate of drug-likeness (QED) is 0.0542. The minimum Gasteiger partial charge on any atom is -0.478 e. The van der Waals surface area contributed by atoms with Crippen molar-refractivity contribution in [2.75, 3.05) is 23.9 Å². The molecule has 0 saturated heterocycles. The zero-order valence-corrected chi connectivity index (χ0v) is 56.9. The number of benzene rings is 8. The fourth-order valence-electron chi connectivity index (χ4n) is 7.30. The minimum absolute atomic E-state index is 0.0207. The molecule has 0 aliphatic heterocycles. The maximum Gasteiger partial charge on any atom is 0.359 e. The Hall–Kier alpha value is -6.11.